The molecule has 0 saturated heterocycles. The normalized spacial score (nSPS) is 16.8. The number of nitrogens with zero attached hydrogens (tertiary/aromatic N) is 3. The fraction of sp³-hybridized carbons (Fsp3) is 0.190. The van der Waals surface area contributed by atoms with E-state index in [1.54, 1.807) is 23.1 Å². The molecule has 33 heavy (non-hydrogen) atoms. The number of hydrogen-bond donors (Lipinski definition) is 1. The smallest absolute Gasteiger partial charge is 0.379 e. The summed E-state index contributed by atoms with van der Waals surface area (Å²) in [6.45, 7) is 4.04. The van der Waals surface area contributed by atoms with Crippen molar-refractivity contribution in [1.82, 2.24) is 4.90 Å². The van der Waals surface area contributed by atoms with Gasteiger partial charge in [-0.25, -0.2) is 9.69 Å². The topological polar surface area (TPSA) is 118 Å². The number of halogens is 1. The molecule has 2 aromatic rings. The summed E-state index contributed by atoms with van der Waals surface area (Å²) < 4.78 is 20.6. The highest BCUT2D eigenvalue weighted by atomic mass is 79.9. The molecule has 4 rings (SSSR count). The Bertz CT molecular complexity index is 1240. The van der Waals surface area contributed by atoms with E-state index in [0.717, 1.165) is 11.9 Å². The van der Waals surface area contributed by atoms with Gasteiger partial charge in [0.15, 0.2) is 16.7 Å². The zero-order valence-corrected chi connectivity index (χ0v) is 20.8. The maximum absolute atomic E-state index is 12.6. The van der Waals surface area contributed by atoms with Crippen molar-refractivity contribution in [1.29, 1.82) is 5.41 Å². The molecule has 3 heterocycles. The summed E-state index contributed by atoms with van der Waals surface area (Å²) in [5.74, 6) is -0.768. The molecule has 0 unspecified atom stereocenters. The Balaban J connectivity index is 1.65. The van der Waals surface area contributed by atoms with Crippen LogP contribution in [0.15, 0.2) is 54.4 Å². The van der Waals surface area contributed by atoms with Crippen molar-refractivity contribution in [3.05, 3.63) is 51.9 Å². The molecule has 2 aliphatic heterocycles. The minimum atomic E-state index is -0.683. The second-order valence-corrected chi connectivity index (χ2v) is 10.1. The molecule has 9 nitrogen and oxygen atoms in total. The van der Waals surface area contributed by atoms with Crippen LogP contribution in [0, 0.1) is 5.41 Å². The molecule has 0 bridgehead atoms. The molecular formula is C21H17BrN4O5S2. The predicted molar refractivity (Wildman–Crippen MR) is 132 cm³/mol. The number of fused-ring (bicyclic) bond motifs is 1. The van der Waals surface area contributed by atoms with Gasteiger partial charge in [0.2, 0.25) is 10.9 Å². The Morgan fingerprint density at radius 2 is 2.18 bits per heavy atom. The molecule has 2 aliphatic rings. The monoisotopic (exact) mass is 548 g/mol. The largest absolute Gasteiger partial charge is 0.493 e. The average molecular weight is 549 g/mol. The van der Waals surface area contributed by atoms with Gasteiger partial charge in [-0.15, -0.1) is 0 Å². The Morgan fingerprint density at radius 1 is 1.39 bits per heavy atom. The van der Waals surface area contributed by atoms with Crippen LogP contribution in [0.1, 0.15) is 30.0 Å². The minimum Gasteiger partial charge on any atom is -0.493 e. The molecule has 12 heteroatoms. The van der Waals surface area contributed by atoms with E-state index in [9.17, 15) is 9.59 Å². The van der Waals surface area contributed by atoms with Gasteiger partial charge >= 0.3 is 5.97 Å². The molecule has 0 spiro atoms. The lowest BCUT2D eigenvalue weighted by Gasteiger charge is -2.25. The van der Waals surface area contributed by atoms with E-state index in [1.165, 1.54) is 37.3 Å². The Morgan fingerprint density at radius 3 is 2.85 bits per heavy atom. The number of benzene rings is 1. The molecule has 1 aromatic heterocycles. The van der Waals surface area contributed by atoms with Crippen molar-refractivity contribution >= 4 is 73.8 Å². The number of furan rings is 1. The quantitative estimate of drug-likeness (QED) is 0.240. The summed E-state index contributed by atoms with van der Waals surface area (Å²) in [5, 5.41) is 9.84. The summed E-state index contributed by atoms with van der Waals surface area (Å²) >= 11 is 5.95. The maximum atomic E-state index is 12.6. The molecule has 1 amide bonds. The van der Waals surface area contributed by atoms with Gasteiger partial charge in [0.05, 0.1) is 35.4 Å². The van der Waals surface area contributed by atoms with Gasteiger partial charge in [0, 0.05) is 5.25 Å². The Hall–Kier alpha value is -2.83. The van der Waals surface area contributed by atoms with Crippen molar-refractivity contribution < 1.29 is 23.5 Å². The lowest BCUT2D eigenvalue weighted by molar-refractivity contribution is -0.114. The first-order valence-electron chi connectivity index (χ1n) is 9.57. The van der Waals surface area contributed by atoms with E-state index in [0.29, 0.717) is 20.4 Å². The number of amides is 1. The second-order valence-electron chi connectivity index (χ2n) is 6.97. The predicted octanol–water partition coefficient (Wildman–Crippen LogP) is 4.99. The number of nitrogens with one attached hydrogen (secondary N) is 1. The van der Waals surface area contributed by atoms with E-state index in [1.807, 2.05) is 13.8 Å². The highest BCUT2D eigenvalue weighted by Crippen LogP contribution is 2.39. The van der Waals surface area contributed by atoms with E-state index in [2.05, 4.69) is 25.3 Å². The molecule has 1 N–H and O–H groups in total. The number of aliphatic imine (C=N–C) groups is 1. The third kappa shape index (κ3) is 4.77. The third-order valence-electron chi connectivity index (χ3n) is 4.32. The van der Waals surface area contributed by atoms with Gasteiger partial charge in [-0.1, -0.05) is 25.6 Å². The van der Waals surface area contributed by atoms with Crippen LogP contribution in [0.3, 0.4) is 0 Å². The number of rotatable bonds is 5. The van der Waals surface area contributed by atoms with Gasteiger partial charge in [-0.3, -0.25) is 10.2 Å². The van der Waals surface area contributed by atoms with E-state index in [-0.39, 0.29) is 33.9 Å². The number of thioether (sulfide) groups is 1. The zero-order chi connectivity index (χ0) is 23.7. The summed E-state index contributed by atoms with van der Waals surface area (Å²) in [4.78, 5) is 30.6. The molecule has 170 valence electrons. The summed E-state index contributed by atoms with van der Waals surface area (Å²) in [6.07, 6.45) is 2.91. The van der Waals surface area contributed by atoms with Crippen LogP contribution < -0.4 is 9.47 Å². The number of methoxy groups -OCH3 is 1. The van der Waals surface area contributed by atoms with Crippen LogP contribution in [-0.2, 0) is 4.79 Å². The molecule has 0 radical (unpaired) electrons. The lowest BCUT2D eigenvalue weighted by Crippen LogP contribution is -2.41. The number of carbonyl (C=O) groups is 2. The van der Waals surface area contributed by atoms with Crippen LogP contribution in [-0.4, -0.2) is 45.3 Å². The zero-order valence-electron chi connectivity index (χ0n) is 17.6. The summed E-state index contributed by atoms with van der Waals surface area (Å²) in [5.41, 5.74) is 0.651. The van der Waals surface area contributed by atoms with Gasteiger partial charge < -0.3 is 13.9 Å². The van der Waals surface area contributed by atoms with Crippen molar-refractivity contribution in [3.8, 4) is 11.5 Å². The SMILES string of the molecule is COc1cc(/C=C2/C(=N)N3C(=NC2=O)SN=C3SC(C)C)cc(Br)c1OC(=O)c1ccco1. The van der Waals surface area contributed by atoms with E-state index in [4.69, 9.17) is 19.3 Å². The van der Waals surface area contributed by atoms with Gasteiger partial charge in [-0.05, 0) is 51.8 Å². The van der Waals surface area contributed by atoms with E-state index < -0.39 is 11.9 Å². The average Bonchev–Trinajstić information content (AvgIpc) is 3.43. The third-order valence-corrected chi connectivity index (χ3v) is 6.68. The number of ether oxygens (including phenoxy) is 2. The van der Waals surface area contributed by atoms with Crippen molar-refractivity contribution in [3.63, 3.8) is 0 Å². The summed E-state index contributed by atoms with van der Waals surface area (Å²) in [6, 6.07) is 6.31. The Kier molecular flexibility index (Phi) is 6.77. The molecule has 0 fully saturated rings. The standard InChI is InChI=1S/C21H17BrN4O5S2/c1-10(2)32-21-25-33-20-24-18(27)12(17(23)26(20)21)7-11-8-13(22)16(15(9-11)29-3)31-19(28)14-5-4-6-30-14/h4-10,23H,1-3H3/b12-7-,23-17?. The first-order valence-corrected chi connectivity index (χ1v) is 12.0. The second kappa shape index (κ2) is 9.57. The molecule has 0 saturated carbocycles. The number of hydrogen-bond acceptors (Lipinski definition) is 9. The molecule has 1 aromatic carbocycles. The summed E-state index contributed by atoms with van der Waals surface area (Å²) in [7, 11) is 1.43. The fourth-order valence-electron chi connectivity index (χ4n) is 2.92. The van der Waals surface area contributed by atoms with Crippen LogP contribution in [0.25, 0.3) is 6.08 Å². The number of carbonyl (C=O) groups excluding carboxylic acids is 2. The number of esters is 1. The first kappa shape index (κ1) is 23.3. The highest BCUT2D eigenvalue weighted by Gasteiger charge is 2.37. The van der Waals surface area contributed by atoms with E-state index >= 15 is 0 Å². The lowest BCUT2D eigenvalue weighted by atomic mass is 10.1. The van der Waals surface area contributed by atoms with Crippen molar-refractivity contribution in [2.75, 3.05) is 7.11 Å². The molecular weight excluding hydrogens is 532 g/mol. The minimum absolute atomic E-state index is 0.00897. The van der Waals surface area contributed by atoms with Crippen LogP contribution in [0.4, 0.5) is 0 Å². The van der Waals surface area contributed by atoms with Gasteiger partial charge in [0.1, 0.15) is 5.84 Å². The van der Waals surface area contributed by atoms with Crippen LogP contribution >= 0.6 is 39.6 Å². The molecule has 0 atom stereocenters. The van der Waals surface area contributed by atoms with Crippen LogP contribution in [0.2, 0.25) is 0 Å². The molecule has 0 aliphatic carbocycles. The Labute approximate surface area is 206 Å². The van der Waals surface area contributed by atoms with Gasteiger partial charge in [-0.2, -0.15) is 9.39 Å². The first-order chi connectivity index (χ1) is 15.8. The van der Waals surface area contributed by atoms with Crippen LogP contribution in [0.5, 0.6) is 11.5 Å². The maximum Gasteiger partial charge on any atom is 0.379 e. The number of amidine groups is 3. The van der Waals surface area contributed by atoms with Crippen molar-refractivity contribution in [2.24, 2.45) is 9.39 Å². The van der Waals surface area contributed by atoms with Crippen molar-refractivity contribution in [2.45, 2.75) is 19.1 Å². The fourth-order valence-corrected chi connectivity index (χ4v) is 5.13. The van der Waals surface area contributed by atoms with Gasteiger partial charge in [0.25, 0.3) is 5.91 Å². The highest BCUT2D eigenvalue weighted by molar-refractivity contribution is 9.10.